The van der Waals surface area contributed by atoms with Gasteiger partial charge < -0.3 is 5.11 Å². The Hall–Kier alpha value is -4.08. The Kier molecular flexibility index (Phi) is 4.88. The second kappa shape index (κ2) is 7.44. The molecule has 0 spiro atoms. The summed E-state index contributed by atoms with van der Waals surface area (Å²) in [6, 6.07) is 14.0. The standard InChI is InChI=1S/C17H13N5O5/c23-15-14(20-19-12-6-8-13(9-7-12)22(26)27)16(24)21(17(25)18-15)10-11-4-2-1-3-5-11/h1-9,24H,10H2,(H,18,23,25). The third-order valence-electron chi connectivity index (χ3n) is 3.66. The lowest BCUT2D eigenvalue weighted by molar-refractivity contribution is -0.384. The molecule has 0 aliphatic rings. The predicted octanol–water partition coefficient (Wildman–Crippen LogP) is 2.61. The lowest BCUT2D eigenvalue weighted by atomic mass is 10.2. The number of nitro benzene ring substituents is 1. The number of hydrogen-bond acceptors (Lipinski definition) is 7. The maximum absolute atomic E-state index is 12.0. The van der Waals surface area contributed by atoms with Crippen LogP contribution in [-0.2, 0) is 6.54 Å². The molecule has 2 N–H and O–H groups in total. The summed E-state index contributed by atoms with van der Waals surface area (Å²) in [6.45, 7) is 0.0301. The molecule has 0 unspecified atom stereocenters. The lowest BCUT2D eigenvalue weighted by Gasteiger charge is -2.08. The van der Waals surface area contributed by atoms with Crippen LogP contribution in [0.25, 0.3) is 0 Å². The van der Waals surface area contributed by atoms with Gasteiger partial charge in [-0.15, -0.1) is 5.11 Å². The average molecular weight is 367 g/mol. The Morgan fingerprint density at radius 3 is 2.33 bits per heavy atom. The van der Waals surface area contributed by atoms with Crippen LogP contribution in [-0.4, -0.2) is 19.6 Å². The minimum absolute atomic E-state index is 0.0301. The van der Waals surface area contributed by atoms with Crippen LogP contribution in [0, 0.1) is 10.1 Å². The van der Waals surface area contributed by atoms with Crippen molar-refractivity contribution in [2.75, 3.05) is 0 Å². The molecule has 0 saturated carbocycles. The molecule has 2 aromatic carbocycles. The average Bonchev–Trinajstić information content (AvgIpc) is 2.66. The van der Waals surface area contributed by atoms with Crippen molar-refractivity contribution in [2.24, 2.45) is 10.2 Å². The fraction of sp³-hybridized carbons (Fsp3) is 0.0588. The fourth-order valence-corrected chi connectivity index (χ4v) is 2.30. The second-order valence-electron chi connectivity index (χ2n) is 5.48. The molecule has 1 heterocycles. The van der Waals surface area contributed by atoms with Crippen LogP contribution in [0.4, 0.5) is 17.1 Å². The largest absolute Gasteiger partial charge is 0.493 e. The number of non-ortho nitro benzene ring substituents is 1. The minimum atomic E-state index is -0.896. The molecule has 0 amide bonds. The van der Waals surface area contributed by atoms with E-state index in [4.69, 9.17) is 0 Å². The molecule has 0 atom stereocenters. The van der Waals surface area contributed by atoms with Crippen LogP contribution in [0.5, 0.6) is 5.88 Å². The van der Waals surface area contributed by atoms with Gasteiger partial charge >= 0.3 is 5.69 Å². The number of benzene rings is 2. The second-order valence-corrected chi connectivity index (χ2v) is 5.48. The van der Waals surface area contributed by atoms with Crippen molar-refractivity contribution in [1.29, 1.82) is 0 Å². The summed E-state index contributed by atoms with van der Waals surface area (Å²) in [6.07, 6.45) is 0. The Bertz CT molecular complexity index is 1120. The van der Waals surface area contributed by atoms with E-state index in [9.17, 15) is 24.8 Å². The number of aromatic hydroxyl groups is 1. The van der Waals surface area contributed by atoms with Crippen molar-refractivity contribution in [2.45, 2.75) is 6.54 Å². The molecule has 0 aliphatic carbocycles. The molecule has 0 aliphatic heterocycles. The van der Waals surface area contributed by atoms with Crippen LogP contribution >= 0.6 is 0 Å². The van der Waals surface area contributed by atoms with E-state index in [2.05, 4.69) is 15.2 Å². The number of H-pyrrole nitrogens is 1. The highest BCUT2D eigenvalue weighted by molar-refractivity contribution is 5.47. The summed E-state index contributed by atoms with van der Waals surface area (Å²) in [4.78, 5) is 36.1. The fourth-order valence-electron chi connectivity index (χ4n) is 2.30. The van der Waals surface area contributed by atoms with Gasteiger partial charge in [-0.1, -0.05) is 30.3 Å². The van der Waals surface area contributed by atoms with Gasteiger partial charge in [0.2, 0.25) is 11.6 Å². The summed E-state index contributed by atoms with van der Waals surface area (Å²) in [5.74, 6) is -0.627. The first-order chi connectivity index (χ1) is 13.0. The Balaban J connectivity index is 1.95. The van der Waals surface area contributed by atoms with Crippen molar-refractivity contribution in [3.05, 3.63) is 91.1 Å². The van der Waals surface area contributed by atoms with Crippen molar-refractivity contribution >= 4 is 17.1 Å². The highest BCUT2D eigenvalue weighted by atomic mass is 16.6. The normalized spacial score (nSPS) is 11.0. The van der Waals surface area contributed by atoms with E-state index >= 15 is 0 Å². The van der Waals surface area contributed by atoms with Crippen molar-refractivity contribution in [1.82, 2.24) is 9.55 Å². The first kappa shape index (κ1) is 17.7. The molecule has 1 aromatic heterocycles. The smallest absolute Gasteiger partial charge is 0.331 e. The van der Waals surface area contributed by atoms with Gasteiger partial charge in [-0.25, -0.2) is 4.79 Å². The third-order valence-corrected chi connectivity index (χ3v) is 3.66. The summed E-state index contributed by atoms with van der Waals surface area (Å²) in [7, 11) is 0. The van der Waals surface area contributed by atoms with Gasteiger partial charge in [-0.2, -0.15) is 5.11 Å². The van der Waals surface area contributed by atoms with E-state index in [0.29, 0.717) is 0 Å². The van der Waals surface area contributed by atoms with Gasteiger partial charge in [-0.3, -0.25) is 24.5 Å². The molecule has 0 bridgehead atoms. The van der Waals surface area contributed by atoms with Crippen LogP contribution < -0.4 is 11.2 Å². The predicted molar refractivity (Wildman–Crippen MR) is 95.8 cm³/mol. The number of nitrogens with one attached hydrogen (secondary N) is 1. The zero-order valence-corrected chi connectivity index (χ0v) is 13.8. The van der Waals surface area contributed by atoms with Gasteiger partial charge in [0.05, 0.1) is 17.2 Å². The first-order valence-corrected chi connectivity index (χ1v) is 7.72. The maximum Gasteiger partial charge on any atom is 0.331 e. The van der Waals surface area contributed by atoms with E-state index < -0.39 is 27.7 Å². The van der Waals surface area contributed by atoms with Crippen molar-refractivity contribution in [3.8, 4) is 5.88 Å². The summed E-state index contributed by atoms with van der Waals surface area (Å²) >= 11 is 0. The lowest BCUT2D eigenvalue weighted by Crippen LogP contribution is -2.29. The van der Waals surface area contributed by atoms with E-state index in [1.165, 1.54) is 24.3 Å². The monoisotopic (exact) mass is 367 g/mol. The quantitative estimate of drug-likeness (QED) is 0.405. The Morgan fingerprint density at radius 2 is 1.70 bits per heavy atom. The van der Waals surface area contributed by atoms with Crippen molar-refractivity contribution < 1.29 is 10.0 Å². The van der Waals surface area contributed by atoms with E-state index in [-0.39, 0.29) is 17.9 Å². The molecule has 10 heteroatoms. The van der Waals surface area contributed by atoms with E-state index in [0.717, 1.165) is 10.1 Å². The summed E-state index contributed by atoms with van der Waals surface area (Å²) in [5.41, 5.74) is -1.27. The minimum Gasteiger partial charge on any atom is -0.493 e. The first-order valence-electron chi connectivity index (χ1n) is 7.72. The molecule has 3 aromatic rings. The number of aromatic nitrogens is 2. The summed E-state index contributed by atoms with van der Waals surface area (Å²) in [5, 5.41) is 28.4. The van der Waals surface area contributed by atoms with Crippen LogP contribution in [0.2, 0.25) is 0 Å². The SMILES string of the molecule is O=c1[nH]c(=O)n(Cc2ccccc2)c(O)c1N=Nc1ccc([N+](=O)[O-])cc1. The molecular formula is C17H13N5O5. The van der Waals surface area contributed by atoms with Gasteiger partial charge in [0.1, 0.15) is 0 Å². The number of rotatable bonds is 5. The van der Waals surface area contributed by atoms with Gasteiger partial charge in [0, 0.05) is 12.1 Å². The number of aromatic amines is 1. The molecule has 0 saturated heterocycles. The van der Waals surface area contributed by atoms with Crippen LogP contribution in [0.3, 0.4) is 0 Å². The highest BCUT2D eigenvalue weighted by Gasteiger charge is 2.14. The van der Waals surface area contributed by atoms with Gasteiger partial charge in [0.25, 0.3) is 11.2 Å². The molecule has 10 nitrogen and oxygen atoms in total. The topological polar surface area (TPSA) is 143 Å². The highest BCUT2D eigenvalue weighted by Crippen LogP contribution is 2.24. The zero-order chi connectivity index (χ0) is 19.4. The number of azo groups is 1. The third kappa shape index (κ3) is 3.95. The van der Waals surface area contributed by atoms with Crippen molar-refractivity contribution in [3.63, 3.8) is 0 Å². The molecule has 0 fully saturated rings. The van der Waals surface area contributed by atoms with Gasteiger partial charge in [0.15, 0.2) is 0 Å². The molecule has 27 heavy (non-hydrogen) atoms. The Labute approximate surface area is 151 Å². The zero-order valence-electron chi connectivity index (χ0n) is 13.8. The molecule has 0 radical (unpaired) electrons. The van der Waals surface area contributed by atoms with E-state index in [1.807, 2.05) is 6.07 Å². The molecule has 3 rings (SSSR count). The number of hydrogen-bond donors (Lipinski definition) is 2. The maximum atomic E-state index is 12.0. The summed E-state index contributed by atoms with van der Waals surface area (Å²) < 4.78 is 0.959. The molecule has 136 valence electrons. The van der Waals surface area contributed by atoms with Crippen LogP contribution in [0.1, 0.15) is 5.56 Å². The van der Waals surface area contributed by atoms with Gasteiger partial charge in [-0.05, 0) is 17.7 Å². The molecular weight excluding hydrogens is 354 g/mol. The number of nitro groups is 1. The number of nitrogens with zero attached hydrogens (tertiary/aromatic N) is 4. The Morgan fingerprint density at radius 1 is 1.04 bits per heavy atom. The van der Waals surface area contributed by atoms with E-state index in [1.54, 1.807) is 24.3 Å². The van der Waals surface area contributed by atoms with Crippen LogP contribution in [0.15, 0.2) is 74.4 Å².